The lowest BCUT2D eigenvalue weighted by Gasteiger charge is -2.10. The number of aromatic nitrogens is 3. The first kappa shape index (κ1) is 11.5. The van der Waals surface area contributed by atoms with Crippen LogP contribution in [0.25, 0.3) is 11.3 Å². The van der Waals surface area contributed by atoms with Gasteiger partial charge in [-0.05, 0) is 25.5 Å². The quantitative estimate of drug-likeness (QED) is 0.856. The summed E-state index contributed by atoms with van der Waals surface area (Å²) in [6, 6.07) is 1.97. The Bertz CT molecular complexity index is 549. The van der Waals surface area contributed by atoms with Gasteiger partial charge in [-0.3, -0.25) is 4.98 Å². The van der Waals surface area contributed by atoms with E-state index in [0.717, 1.165) is 34.6 Å². The summed E-state index contributed by atoms with van der Waals surface area (Å²) in [5.74, 6) is 1.32. The Morgan fingerprint density at radius 3 is 2.65 bits per heavy atom. The van der Waals surface area contributed by atoms with Crippen LogP contribution >= 0.6 is 0 Å². The van der Waals surface area contributed by atoms with Gasteiger partial charge in [0.15, 0.2) is 0 Å². The summed E-state index contributed by atoms with van der Waals surface area (Å²) < 4.78 is 0. The van der Waals surface area contributed by atoms with Crippen molar-refractivity contribution in [1.29, 1.82) is 0 Å². The molecule has 2 N–H and O–H groups in total. The number of aryl methyl sites for hydroxylation is 2. The molecular formula is C13H16N4. The van der Waals surface area contributed by atoms with Crippen LogP contribution in [-0.2, 0) is 6.42 Å². The fourth-order valence-electron chi connectivity index (χ4n) is 1.71. The molecule has 0 unspecified atom stereocenters. The maximum absolute atomic E-state index is 5.91. The Morgan fingerprint density at radius 2 is 2.00 bits per heavy atom. The molecule has 0 aliphatic heterocycles. The number of pyridine rings is 1. The van der Waals surface area contributed by atoms with Crippen molar-refractivity contribution in [2.24, 2.45) is 0 Å². The third-order valence-corrected chi connectivity index (χ3v) is 2.84. The second-order valence-corrected chi connectivity index (χ2v) is 4.04. The van der Waals surface area contributed by atoms with Gasteiger partial charge in [-0.1, -0.05) is 6.92 Å². The van der Waals surface area contributed by atoms with Crippen LogP contribution < -0.4 is 5.73 Å². The molecule has 2 rings (SSSR count). The van der Waals surface area contributed by atoms with Crippen LogP contribution in [-0.4, -0.2) is 15.0 Å². The minimum absolute atomic E-state index is 0.551. The van der Waals surface area contributed by atoms with E-state index in [1.165, 1.54) is 0 Å². The lowest BCUT2D eigenvalue weighted by Crippen LogP contribution is -2.04. The third-order valence-electron chi connectivity index (χ3n) is 2.84. The zero-order valence-corrected chi connectivity index (χ0v) is 10.4. The Hall–Kier alpha value is -1.97. The first-order valence-electron chi connectivity index (χ1n) is 5.67. The monoisotopic (exact) mass is 228 g/mol. The first-order chi connectivity index (χ1) is 8.13. The Kier molecular flexibility index (Phi) is 3.04. The molecule has 0 bridgehead atoms. The minimum Gasteiger partial charge on any atom is -0.383 e. The number of anilines is 1. The minimum atomic E-state index is 0.551. The van der Waals surface area contributed by atoms with Crippen LogP contribution in [0, 0.1) is 13.8 Å². The van der Waals surface area contributed by atoms with E-state index in [-0.39, 0.29) is 0 Å². The molecule has 0 fully saturated rings. The zero-order valence-electron chi connectivity index (χ0n) is 10.4. The standard InChI is InChI=1S/C13H16N4/c1-4-11-16-12(9(3)13(14)17-11)10-7-15-6-5-8(10)2/h5-7H,4H2,1-3H3,(H2,14,16,17). The molecule has 0 saturated heterocycles. The molecule has 0 amide bonds. The van der Waals surface area contributed by atoms with Gasteiger partial charge in [0.25, 0.3) is 0 Å². The number of nitrogens with zero attached hydrogens (tertiary/aromatic N) is 3. The molecule has 17 heavy (non-hydrogen) atoms. The molecule has 2 aromatic heterocycles. The van der Waals surface area contributed by atoms with Crippen LogP contribution in [0.1, 0.15) is 23.9 Å². The highest BCUT2D eigenvalue weighted by molar-refractivity contribution is 5.69. The van der Waals surface area contributed by atoms with Crippen LogP contribution in [0.4, 0.5) is 5.82 Å². The van der Waals surface area contributed by atoms with Crippen LogP contribution in [0.2, 0.25) is 0 Å². The van der Waals surface area contributed by atoms with Gasteiger partial charge in [-0.2, -0.15) is 0 Å². The SMILES string of the molecule is CCc1nc(N)c(C)c(-c2cnccc2C)n1. The van der Waals surface area contributed by atoms with Gasteiger partial charge in [0, 0.05) is 29.9 Å². The molecule has 4 heteroatoms. The Morgan fingerprint density at radius 1 is 1.24 bits per heavy atom. The summed E-state index contributed by atoms with van der Waals surface area (Å²) in [5.41, 5.74) is 9.88. The molecule has 88 valence electrons. The maximum atomic E-state index is 5.91. The number of hydrogen-bond donors (Lipinski definition) is 1. The van der Waals surface area contributed by atoms with Crippen LogP contribution in [0.15, 0.2) is 18.5 Å². The Balaban J connectivity index is 2.67. The number of nitrogens with two attached hydrogens (primary N) is 1. The van der Waals surface area contributed by atoms with E-state index < -0.39 is 0 Å². The normalized spacial score (nSPS) is 10.5. The maximum Gasteiger partial charge on any atom is 0.131 e. The summed E-state index contributed by atoms with van der Waals surface area (Å²) >= 11 is 0. The van der Waals surface area contributed by atoms with Crippen LogP contribution in [0.3, 0.4) is 0 Å². The van der Waals surface area contributed by atoms with Crippen molar-refractivity contribution in [3.8, 4) is 11.3 Å². The smallest absolute Gasteiger partial charge is 0.131 e. The van der Waals surface area contributed by atoms with Gasteiger partial charge >= 0.3 is 0 Å². The van der Waals surface area contributed by atoms with Crippen molar-refractivity contribution in [1.82, 2.24) is 15.0 Å². The summed E-state index contributed by atoms with van der Waals surface area (Å²) in [6.07, 6.45) is 4.37. The van der Waals surface area contributed by atoms with E-state index in [9.17, 15) is 0 Å². The van der Waals surface area contributed by atoms with Crippen LogP contribution in [0.5, 0.6) is 0 Å². The van der Waals surface area contributed by atoms with E-state index in [1.807, 2.05) is 33.0 Å². The van der Waals surface area contributed by atoms with Gasteiger partial charge in [-0.25, -0.2) is 9.97 Å². The average molecular weight is 228 g/mol. The predicted octanol–water partition coefficient (Wildman–Crippen LogP) is 2.30. The molecule has 0 aromatic carbocycles. The molecule has 0 atom stereocenters. The Labute approximate surface area is 101 Å². The van der Waals surface area contributed by atoms with Crippen molar-refractivity contribution in [3.63, 3.8) is 0 Å². The van der Waals surface area contributed by atoms with E-state index in [4.69, 9.17) is 5.73 Å². The highest BCUT2D eigenvalue weighted by Gasteiger charge is 2.11. The second kappa shape index (κ2) is 4.49. The molecule has 4 nitrogen and oxygen atoms in total. The molecule has 0 aliphatic rings. The first-order valence-corrected chi connectivity index (χ1v) is 5.67. The van der Waals surface area contributed by atoms with Gasteiger partial charge in [0.2, 0.25) is 0 Å². The van der Waals surface area contributed by atoms with Gasteiger partial charge in [0.05, 0.1) is 5.69 Å². The second-order valence-electron chi connectivity index (χ2n) is 4.04. The number of hydrogen-bond acceptors (Lipinski definition) is 4. The summed E-state index contributed by atoms with van der Waals surface area (Å²) in [7, 11) is 0. The summed E-state index contributed by atoms with van der Waals surface area (Å²) in [4.78, 5) is 13.0. The molecule has 2 aromatic rings. The van der Waals surface area contributed by atoms with Gasteiger partial charge in [-0.15, -0.1) is 0 Å². The average Bonchev–Trinajstić information content (AvgIpc) is 2.33. The fourth-order valence-corrected chi connectivity index (χ4v) is 1.71. The van der Waals surface area contributed by atoms with Crippen molar-refractivity contribution in [3.05, 3.63) is 35.4 Å². The van der Waals surface area contributed by atoms with Crippen molar-refractivity contribution in [2.75, 3.05) is 5.73 Å². The largest absolute Gasteiger partial charge is 0.383 e. The molecule has 2 heterocycles. The van der Waals surface area contributed by atoms with E-state index in [1.54, 1.807) is 6.20 Å². The fraction of sp³-hybridized carbons (Fsp3) is 0.308. The van der Waals surface area contributed by atoms with E-state index >= 15 is 0 Å². The van der Waals surface area contributed by atoms with E-state index in [0.29, 0.717) is 5.82 Å². The molecule has 0 radical (unpaired) electrons. The van der Waals surface area contributed by atoms with Gasteiger partial charge < -0.3 is 5.73 Å². The highest BCUT2D eigenvalue weighted by Crippen LogP contribution is 2.26. The zero-order chi connectivity index (χ0) is 12.4. The third kappa shape index (κ3) is 2.11. The number of rotatable bonds is 2. The molecular weight excluding hydrogens is 212 g/mol. The van der Waals surface area contributed by atoms with Crippen molar-refractivity contribution >= 4 is 5.82 Å². The van der Waals surface area contributed by atoms with Crippen molar-refractivity contribution in [2.45, 2.75) is 27.2 Å². The molecule has 0 saturated carbocycles. The van der Waals surface area contributed by atoms with Crippen molar-refractivity contribution < 1.29 is 0 Å². The number of nitrogen functional groups attached to an aromatic ring is 1. The van der Waals surface area contributed by atoms with E-state index in [2.05, 4.69) is 15.0 Å². The molecule has 0 spiro atoms. The lowest BCUT2D eigenvalue weighted by molar-refractivity contribution is 0.939. The molecule has 0 aliphatic carbocycles. The topological polar surface area (TPSA) is 64.7 Å². The lowest BCUT2D eigenvalue weighted by atomic mass is 10.0. The summed E-state index contributed by atoms with van der Waals surface area (Å²) in [5, 5.41) is 0. The summed E-state index contributed by atoms with van der Waals surface area (Å²) in [6.45, 7) is 6.00. The highest BCUT2D eigenvalue weighted by atomic mass is 15.0. The predicted molar refractivity (Wildman–Crippen MR) is 68.5 cm³/mol. The van der Waals surface area contributed by atoms with Gasteiger partial charge in [0.1, 0.15) is 11.6 Å².